The van der Waals surface area contributed by atoms with Crippen LogP contribution in [0.1, 0.15) is 25.5 Å². The molecule has 4 rings (SSSR count). The summed E-state index contributed by atoms with van der Waals surface area (Å²) in [5, 5.41) is 13.3. The Labute approximate surface area is 136 Å². The highest BCUT2D eigenvalue weighted by molar-refractivity contribution is 5.86. The van der Waals surface area contributed by atoms with E-state index in [9.17, 15) is 5.11 Å². The van der Waals surface area contributed by atoms with Gasteiger partial charge < -0.3 is 19.3 Å². The van der Waals surface area contributed by atoms with Gasteiger partial charge in [-0.2, -0.15) is 0 Å². The summed E-state index contributed by atoms with van der Waals surface area (Å²) in [5.74, 6) is 0. The predicted octanol–water partition coefficient (Wildman–Crippen LogP) is 3.04. The minimum absolute atomic E-state index is 0.352. The van der Waals surface area contributed by atoms with E-state index < -0.39 is 17.1 Å². The van der Waals surface area contributed by atoms with Gasteiger partial charge in [0.05, 0.1) is 19.8 Å². The number of hydrogen-bond acceptors (Lipinski definition) is 4. The van der Waals surface area contributed by atoms with Gasteiger partial charge in [-0.05, 0) is 16.3 Å². The molecule has 0 spiro atoms. The molecule has 2 aliphatic heterocycles. The van der Waals surface area contributed by atoms with Crippen LogP contribution in [0.2, 0.25) is 0 Å². The molecule has 2 unspecified atom stereocenters. The number of epoxide rings is 1. The minimum atomic E-state index is -0.726. The van der Waals surface area contributed by atoms with Crippen molar-refractivity contribution >= 4 is 10.8 Å². The van der Waals surface area contributed by atoms with E-state index in [1.807, 2.05) is 44.2 Å². The summed E-state index contributed by atoms with van der Waals surface area (Å²) in [6, 6.07) is 14.1. The van der Waals surface area contributed by atoms with E-state index >= 15 is 0 Å². The summed E-state index contributed by atoms with van der Waals surface area (Å²) in [6.45, 7) is 5.78. The SMILES string of the molecule is CC(C)(C1OCCO1)C1(C(O)c2cccc3ccccc23)CO1. The Kier molecular flexibility index (Phi) is 3.46. The molecular weight excluding hydrogens is 292 g/mol. The zero-order valence-corrected chi connectivity index (χ0v) is 13.5. The first-order valence-electron chi connectivity index (χ1n) is 8.09. The molecule has 2 aromatic rings. The van der Waals surface area contributed by atoms with Crippen LogP contribution < -0.4 is 0 Å². The van der Waals surface area contributed by atoms with E-state index in [1.165, 1.54) is 0 Å². The Bertz CT molecular complexity index is 709. The molecule has 2 fully saturated rings. The normalized spacial score (nSPS) is 26.6. The maximum absolute atomic E-state index is 11.2. The molecule has 2 aliphatic rings. The Morgan fingerprint density at radius 2 is 1.74 bits per heavy atom. The van der Waals surface area contributed by atoms with Crippen LogP contribution in [0.15, 0.2) is 42.5 Å². The molecule has 4 heteroatoms. The lowest BCUT2D eigenvalue weighted by Crippen LogP contribution is -2.47. The molecule has 2 aromatic carbocycles. The van der Waals surface area contributed by atoms with Gasteiger partial charge in [-0.25, -0.2) is 0 Å². The van der Waals surface area contributed by atoms with Gasteiger partial charge in [0.1, 0.15) is 11.7 Å². The molecule has 2 heterocycles. The number of fused-ring (bicyclic) bond motifs is 1. The standard InChI is InChI=1S/C19H22O4/c1-18(2,17-21-10-11-22-17)19(12-23-19)16(20)15-9-5-7-13-6-3-4-8-14(13)15/h3-9,16-17,20H,10-12H2,1-2H3. The molecule has 23 heavy (non-hydrogen) atoms. The van der Waals surface area contributed by atoms with Crippen molar-refractivity contribution in [1.29, 1.82) is 0 Å². The topological polar surface area (TPSA) is 51.2 Å². The van der Waals surface area contributed by atoms with Crippen LogP contribution >= 0.6 is 0 Å². The van der Waals surface area contributed by atoms with E-state index in [-0.39, 0.29) is 6.29 Å². The van der Waals surface area contributed by atoms with E-state index in [4.69, 9.17) is 14.2 Å². The minimum Gasteiger partial charge on any atom is -0.385 e. The first-order chi connectivity index (χ1) is 11.1. The molecule has 0 saturated carbocycles. The van der Waals surface area contributed by atoms with Crippen LogP contribution in [-0.4, -0.2) is 36.8 Å². The quantitative estimate of drug-likeness (QED) is 0.881. The summed E-state index contributed by atoms with van der Waals surface area (Å²) < 4.78 is 17.2. The smallest absolute Gasteiger partial charge is 0.165 e. The lowest BCUT2D eigenvalue weighted by molar-refractivity contribution is -0.165. The van der Waals surface area contributed by atoms with Crippen molar-refractivity contribution in [3.63, 3.8) is 0 Å². The molecular formula is C19H22O4. The highest BCUT2D eigenvalue weighted by Crippen LogP contribution is 2.56. The molecule has 0 aromatic heterocycles. The van der Waals surface area contributed by atoms with E-state index in [2.05, 4.69) is 12.1 Å². The van der Waals surface area contributed by atoms with Gasteiger partial charge in [-0.1, -0.05) is 56.3 Å². The van der Waals surface area contributed by atoms with Crippen molar-refractivity contribution in [3.05, 3.63) is 48.0 Å². The summed E-state index contributed by atoms with van der Waals surface area (Å²) in [6.07, 6.45) is -1.08. The molecule has 0 radical (unpaired) electrons. The molecule has 4 nitrogen and oxygen atoms in total. The largest absolute Gasteiger partial charge is 0.385 e. The first-order valence-corrected chi connectivity index (χ1v) is 8.09. The lowest BCUT2D eigenvalue weighted by atomic mass is 9.72. The van der Waals surface area contributed by atoms with Gasteiger partial charge in [-0.15, -0.1) is 0 Å². The van der Waals surface area contributed by atoms with Crippen LogP contribution in [0, 0.1) is 5.41 Å². The zero-order chi connectivity index (χ0) is 16.1. The fourth-order valence-corrected chi connectivity index (χ4v) is 3.67. The summed E-state index contributed by atoms with van der Waals surface area (Å²) in [4.78, 5) is 0. The van der Waals surface area contributed by atoms with Gasteiger partial charge in [0.25, 0.3) is 0 Å². The third kappa shape index (κ3) is 2.21. The van der Waals surface area contributed by atoms with Crippen molar-refractivity contribution in [2.75, 3.05) is 19.8 Å². The molecule has 0 aliphatic carbocycles. The molecule has 0 bridgehead atoms. The van der Waals surface area contributed by atoms with Crippen LogP contribution in [0.3, 0.4) is 0 Å². The van der Waals surface area contributed by atoms with Crippen LogP contribution in [0.5, 0.6) is 0 Å². The number of aliphatic hydroxyl groups excluding tert-OH is 1. The van der Waals surface area contributed by atoms with Gasteiger partial charge in [0.15, 0.2) is 6.29 Å². The summed E-state index contributed by atoms with van der Waals surface area (Å²) in [7, 11) is 0. The number of ether oxygens (including phenoxy) is 3. The average Bonchev–Trinajstić information content (AvgIpc) is 3.21. The highest BCUT2D eigenvalue weighted by Gasteiger charge is 2.65. The third-order valence-electron chi connectivity index (χ3n) is 5.32. The van der Waals surface area contributed by atoms with E-state index in [0.717, 1.165) is 16.3 Å². The fourth-order valence-electron chi connectivity index (χ4n) is 3.67. The second-order valence-corrected chi connectivity index (χ2v) is 6.94. The second kappa shape index (κ2) is 5.28. The van der Waals surface area contributed by atoms with Crippen LogP contribution in [0.4, 0.5) is 0 Å². The van der Waals surface area contributed by atoms with Crippen LogP contribution in [0.25, 0.3) is 10.8 Å². The Balaban J connectivity index is 1.74. The van der Waals surface area contributed by atoms with Gasteiger partial charge in [0, 0.05) is 5.41 Å². The monoisotopic (exact) mass is 314 g/mol. The molecule has 122 valence electrons. The van der Waals surface area contributed by atoms with Crippen molar-refractivity contribution in [2.24, 2.45) is 5.41 Å². The number of aliphatic hydroxyl groups is 1. The molecule has 0 amide bonds. The van der Waals surface area contributed by atoms with E-state index in [0.29, 0.717) is 19.8 Å². The van der Waals surface area contributed by atoms with Gasteiger partial charge in [-0.3, -0.25) is 0 Å². The summed E-state index contributed by atoms with van der Waals surface area (Å²) >= 11 is 0. The number of benzene rings is 2. The molecule has 2 atom stereocenters. The van der Waals surface area contributed by atoms with Crippen molar-refractivity contribution in [3.8, 4) is 0 Å². The fraction of sp³-hybridized carbons (Fsp3) is 0.474. The predicted molar refractivity (Wildman–Crippen MR) is 87.1 cm³/mol. The Morgan fingerprint density at radius 1 is 1.09 bits per heavy atom. The van der Waals surface area contributed by atoms with E-state index in [1.54, 1.807) is 0 Å². The maximum atomic E-state index is 11.2. The maximum Gasteiger partial charge on any atom is 0.165 e. The third-order valence-corrected chi connectivity index (χ3v) is 5.32. The van der Waals surface area contributed by atoms with Gasteiger partial charge in [0.2, 0.25) is 0 Å². The number of rotatable bonds is 4. The van der Waals surface area contributed by atoms with Gasteiger partial charge >= 0.3 is 0 Å². The lowest BCUT2D eigenvalue weighted by Gasteiger charge is -2.38. The average molecular weight is 314 g/mol. The van der Waals surface area contributed by atoms with Crippen molar-refractivity contribution in [1.82, 2.24) is 0 Å². The molecule has 2 saturated heterocycles. The first kappa shape index (κ1) is 15.1. The number of hydrogen-bond donors (Lipinski definition) is 1. The Hall–Kier alpha value is -1.46. The zero-order valence-electron chi connectivity index (χ0n) is 13.5. The summed E-state index contributed by atoms with van der Waals surface area (Å²) in [5.41, 5.74) is -0.224. The Morgan fingerprint density at radius 3 is 2.43 bits per heavy atom. The van der Waals surface area contributed by atoms with Crippen molar-refractivity contribution in [2.45, 2.75) is 31.8 Å². The van der Waals surface area contributed by atoms with Crippen LogP contribution in [-0.2, 0) is 14.2 Å². The highest BCUT2D eigenvalue weighted by atomic mass is 16.7. The molecule has 1 N–H and O–H groups in total. The second-order valence-electron chi connectivity index (χ2n) is 6.94. The van der Waals surface area contributed by atoms with Crippen molar-refractivity contribution < 1.29 is 19.3 Å².